The van der Waals surface area contributed by atoms with Gasteiger partial charge in [0.2, 0.25) is 0 Å². The molecular weight excluding hydrogens is 160 g/mol. The number of nitrogens with zero attached hydrogens (tertiary/aromatic N) is 1. The minimum absolute atomic E-state index is 0.0177. The normalized spacial score (nSPS) is 20.7. The van der Waals surface area contributed by atoms with Crippen molar-refractivity contribution >= 4 is 5.91 Å². The van der Waals surface area contributed by atoms with E-state index in [1.807, 2.05) is 0 Å². The predicted molar refractivity (Wildman–Crippen MR) is 42.5 cm³/mol. The molecule has 0 aromatic carbocycles. The van der Waals surface area contributed by atoms with Gasteiger partial charge in [-0.05, 0) is 0 Å². The van der Waals surface area contributed by atoms with E-state index >= 15 is 0 Å². The summed E-state index contributed by atoms with van der Waals surface area (Å²) in [5, 5.41) is 9.12. The molecule has 1 amide bonds. The number of aliphatic hydroxyl groups excluding tert-OH is 1. The summed E-state index contributed by atoms with van der Waals surface area (Å²) in [6.07, 6.45) is -1.05. The molecule has 5 heteroatoms. The molecule has 0 radical (unpaired) electrons. The van der Waals surface area contributed by atoms with Crippen LogP contribution in [0.3, 0.4) is 0 Å². The molecule has 12 heavy (non-hydrogen) atoms. The lowest BCUT2D eigenvalue weighted by Gasteiger charge is -2.28. The van der Waals surface area contributed by atoms with Crippen molar-refractivity contribution in [3.8, 4) is 0 Å². The number of hydrogen-bond acceptors (Lipinski definition) is 4. The lowest BCUT2D eigenvalue weighted by Crippen LogP contribution is -2.47. The van der Waals surface area contributed by atoms with Gasteiger partial charge in [0.05, 0.1) is 13.2 Å². The van der Waals surface area contributed by atoms with Gasteiger partial charge in [-0.2, -0.15) is 0 Å². The summed E-state index contributed by atoms with van der Waals surface area (Å²) in [6.45, 7) is 2.17. The van der Waals surface area contributed by atoms with Crippen molar-refractivity contribution in [3.63, 3.8) is 0 Å². The van der Waals surface area contributed by atoms with Crippen molar-refractivity contribution in [2.45, 2.75) is 6.10 Å². The first-order valence-electron chi connectivity index (χ1n) is 4.00. The van der Waals surface area contributed by atoms with E-state index in [0.29, 0.717) is 26.3 Å². The first-order chi connectivity index (χ1) is 5.75. The lowest BCUT2D eigenvalue weighted by molar-refractivity contribution is -0.143. The maximum absolute atomic E-state index is 11.3. The van der Waals surface area contributed by atoms with Gasteiger partial charge in [-0.3, -0.25) is 4.79 Å². The zero-order chi connectivity index (χ0) is 8.97. The third kappa shape index (κ3) is 2.17. The van der Waals surface area contributed by atoms with Crippen LogP contribution in [0.4, 0.5) is 0 Å². The third-order valence-corrected chi connectivity index (χ3v) is 1.83. The topological polar surface area (TPSA) is 75.8 Å². The molecule has 1 saturated heterocycles. The summed E-state index contributed by atoms with van der Waals surface area (Å²) in [4.78, 5) is 12.8. The molecule has 0 aliphatic carbocycles. The van der Waals surface area contributed by atoms with Crippen LogP contribution in [-0.4, -0.2) is 54.9 Å². The SMILES string of the molecule is NCC(O)C(=O)N1CCOCC1. The number of aliphatic hydroxyl groups is 1. The van der Waals surface area contributed by atoms with E-state index in [0.717, 1.165) is 0 Å². The van der Waals surface area contributed by atoms with Crippen LogP contribution in [0.5, 0.6) is 0 Å². The molecule has 1 heterocycles. The highest BCUT2D eigenvalue weighted by Crippen LogP contribution is 1.99. The van der Waals surface area contributed by atoms with Crippen molar-refractivity contribution in [1.82, 2.24) is 4.90 Å². The van der Waals surface area contributed by atoms with Crippen LogP contribution >= 0.6 is 0 Å². The largest absolute Gasteiger partial charge is 0.382 e. The number of amides is 1. The highest BCUT2D eigenvalue weighted by Gasteiger charge is 2.22. The Labute approximate surface area is 71.1 Å². The zero-order valence-corrected chi connectivity index (χ0v) is 6.90. The van der Waals surface area contributed by atoms with E-state index < -0.39 is 6.10 Å². The number of nitrogens with two attached hydrogens (primary N) is 1. The third-order valence-electron chi connectivity index (χ3n) is 1.83. The first-order valence-corrected chi connectivity index (χ1v) is 4.00. The molecule has 1 atom stereocenters. The van der Waals surface area contributed by atoms with Gasteiger partial charge in [0.25, 0.3) is 5.91 Å². The Morgan fingerprint density at radius 1 is 1.58 bits per heavy atom. The average molecular weight is 174 g/mol. The molecule has 70 valence electrons. The summed E-state index contributed by atoms with van der Waals surface area (Å²) in [5.74, 6) is -0.291. The van der Waals surface area contributed by atoms with Crippen LogP contribution in [-0.2, 0) is 9.53 Å². The number of morpholine rings is 1. The van der Waals surface area contributed by atoms with Gasteiger partial charge in [0.15, 0.2) is 0 Å². The van der Waals surface area contributed by atoms with E-state index in [1.54, 1.807) is 4.90 Å². The lowest BCUT2D eigenvalue weighted by atomic mass is 10.3. The Morgan fingerprint density at radius 3 is 2.67 bits per heavy atom. The summed E-state index contributed by atoms with van der Waals surface area (Å²) in [5.41, 5.74) is 5.15. The first kappa shape index (κ1) is 9.44. The Bertz CT molecular complexity index is 157. The highest BCUT2D eigenvalue weighted by molar-refractivity contribution is 5.80. The monoisotopic (exact) mass is 174 g/mol. The average Bonchev–Trinajstić information content (AvgIpc) is 2.17. The number of hydrogen-bond donors (Lipinski definition) is 2. The number of rotatable bonds is 2. The van der Waals surface area contributed by atoms with E-state index in [2.05, 4.69) is 0 Å². The fraction of sp³-hybridized carbons (Fsp3) is 0.857. The standard InChI is InChI=1S/C7H14N2O3/c8-5-6(10)7(11)9-1-3-12-4-2-9/h6,10H,1-5,8H2. The Morgan fingerprint density at radius 2 is 2.17 bits per heavy atom. The smallest absolute Gasteiger partial charge is 0.252 e. The molecule has 1 fully saturated rings. The van der Waals surface area contributed by atoms with Gasteiger partial charge in [0.1, 0.15) is 6.10 Å². The summed E-state index contributed by atoms with van der Waals surface area (Å²) < 4.78 is 5.06. The summed E-state index contributed by atoms with van der Waals surface area (Å²) >= 11 is 0. The van der Waals surface area contributed by atoms with Gasteiger partial charge in [0, 0.05) is 19.6 Å². The minimum atomic E-state index is -1.05. The molecule has 1 aliphatic heterocycles. The second kappa shape index (κ2) is 4.39. The van der Waals surface area contributed by atoms with E-state index in [9.17, 15) is 4.79 Å². The van der Waals surface area contributed by atoms with Crippen molar-refractivity contribution < 1.29 is 14.6 Å². The van der Waals surface area contributed by atoms with E-state index in [4.69, 9.17) is 15.6 Å². The van der Waals surface area contributed by atoms with Crippen molar-refractivity contribution in [1.29, 1.82) is 0 Å². The molecule has 0 aromatic heterocycles. The Balaban J connectivity index is 2.39. The van der Waals surface area contributed by atoms with E-state index in [-0.39, 0.29) is 12.5 Å². The number of ether oxygens (including phenoxy) is 1. The summed E-state index contributed by atoms with van der Waals surface area (Å²) in [7, 11) is 0. The minimum Gasteiger partial charge on any atom is -0.382 e. The predicted octanol–water partition coefficient (Wildman–Crippen LogP) is -1.84. The van der Waals surface area contributed by atoms with Crippen molar-refractivity contribution in [2.75, 3.05) is 32.8 Å². The quantitative estimate of drug-likeness (QED) is 0.516. The maximum Gasteiger partial charge on any atom is 0.252 e. The second-order valence-corrected chi connectivity index (χ2v) is 2.69. The van der Waals surface area contributed by atoms with Crippen LogP contribution in [0.25, 0.3) is 0 Å². The van der Waals surface area contributed by atoms with Crippen molar-refractivity contribution in [2.24, 2.45) is 5.73 Å². The molecule has 3 N–H and O–H groups in total. The molecular formula is C7H14N2O3. The molecule has 5 nitrogen and oxygen atoms in total. The van der Waals surface area contributed by atoms with Gasteiger partial charge in [-0.25, -0.2) is 0 Å². The van der Waals surface area contributed by atoms with Crippen LogP contribution in [0, 0.1) is 0 Å². The number of carbonyl (C=O) groups is 1. The van der Waals surface area contributed by atoms with E-state index in [1.165, 1.54) is 0 Å². The molecule has 0 saturated carbocycles. The van der Waals surface area contributed by atoms with Crippen LogP contribution in [0.1, 0.15) is 0 Å². The highest BCUT2D eigenvalue weighted by atomic mass is 16.5. The summed E-state index contributed by atoms with van der Waals surface area (Å²) in [6, 6.07) is 0. The van der Waals surface area contributed by atoms with Gasteiger partial charge in [-0.15, -0.1) is 0 Å². The van der Waals surface area contributed by atoms with Crippen molar-refractivity contribution in [3.05, 3.63) is 0 Å². The van der Waals surface area contributed by atoms with Gasteiger partial charge in [-0.1, -0.05) is 0 Å². The fourth-order valence-corrected chi connectivity index (χ4v) is 1.10. The van der Waals surface area contributed by atoms with Gasteiger partial charge >= 0.3 is 0 Å². The number of carbonyl (C=O) groups excluding carboxylic acids is 1. The molecule has 0 spiro atoms. The van der Waals surface area contributed by atoms with Crippen LogP contribution in [0.15, 0.2) is 0 Å². The van der Waals surface area contributed by atoms with Gasteiger partial charge < -0.3 is 20.5 Å². The molecule has 0 bridgehead atoms. The molecule has 1 rings (SSSR count). The van der Waals surface area contributed by atoms with Crippen LogP contribution in [0.2, 0.25) is 0 Å². The molecule has 1 aliphatic rings. The zero-order valence-electron chi connectivity index (χ0n) is 6.90. The molecule has 0 aromatic rings. The second-order valence-electron chi connectivity index (χ2n) is 2.69. The fourth-order valence-electron chi connectivity index (χ4n) is 1.10. The Kier molecular flexibility index (Phi) is 3.46. The maximum atomic E-state index is 11.3. The van der Waals surface area contributed by atoms with Crippen LogP contribution < -0.4 is 5.73 Å². The Hall–Kier alpha value is -0.650. The molecule has 1 unspecified atom stereocenters.